The number of nitrogens with zero attached hydrogens (tertiary/aromatic N) is 1. The van der Waals surface area contributed by atoms with E-state index in [1.807, 2.05) is 48.7 Å². The summed E-state index contributed by atoms with van der Waals surface area (Å²) in [4.78, 5) is 0. The summed E-state index contributed by atoms with van der Waals surface area (Å²) in [6.45, 7) is 0.704. The first kappa shape index (κ1) is 14.1. The summed E-state index contributed by atoms with van der Waals surface area (Å²) in [6, 6.07) is 13.9. The first-order valence-electron chi connectivity index (χ1n) is 7.93. The Balaban J connectivity index is 1.32. The maximum Gasteiger partial charge on any atom is 0.290 e. The van der Waals surface area contributed by atoms with Crippen LogP contribution in [0.3, 0.4) is 0 Å². The van der Waals surface area contributed by atoms with Crippen LogP contribution in [0.1, 0.15) is 23.4 Å². The molecule has 2 N–H and O–H groups in total. The third-order valence-electron chi connectivity index (χ3n) is 4.18. The Bertz CT molecular complexity index is 763. The number of rotatable bonds is 5. The van der Waals surface area contributed by atoms with E-state index in [1.165, 1.54) is 11.3 Å². The minimum atomic E-state index is 0.462. The van der Waals surface area contributed by atoms with Crippen molar-refractivity contribution in [1.82, 2.24) is 15.5 Å². The maximum atomic E-state index is 5.73. The van der Waals surface area contributed by atoms with Gasteiger partial charge in [0.2, 0.25) is 0 Å². The van der Waals surface area contributed by atoms with Gasteiger partial charge >= 0.3 is 0 Å². The van der Waals surface area contributed by atoms with Crippen LogP contribution < -0.4 is 10.1 Å². The Morgan fingerprint density at radius 3 is 3.04 bits per heavy atom. The Kier molecular flexibility index (Phi) is 3.86. The number of aromatic amines is 1. The van der Waals surface area contributed by atoms with E-state index in [-0.39, 0.29) is 0 Å². The molecule has 1 aliphatic carbocycles. The summed E-state index contributed by atoms with van der Waals surface area (Å²) in [5.74, 6) is 2.18. The van der Waals surface area contributed by atoms with Crippen LogP contribution >= 0.6 is 0 Å². The third-order valence-corrected chi connectivity index (χ3v) is 4.18. The van der Waals surface area contributed by atoms with Crippen molar-refractivity contribution in [2.75, 3.05) is 0 Å². The van der Waals surface area contributed by atoms with Crippen LogP contribution in [0.2, 0.25) is 0 Å². The van der Waals surface area contributed by atoms with E-state index >= 15 is 0 Å². The molecule has 0 radical (unpaired) electrons. The molecular formula is C18H19N3O2. The number of hydrogen-bond donors (Lipinski definition) is 2. The van der Waals surface area contributed by atoms with Gasteiger partial charge in [-0.3, -0.25) is 5.10 Å². The first-order valence-corrected chi connectivity index (χ1v) is 7.93. The summed E-state index contributed by atoms with van der Waals surface area (Å²) in [7, 11) is 0. The van der Waals surface area contributed by atoms with Crippen LogP contribution in [0.25, 0.3) is 0 Å². The number of furan rings is 1. The second kappa shape index (κ2) is 6.30. The van der Waals surface area contributed by atoms with Gasteiger partial charge in [0.1, 0.15) is 11.5 Å². The van der Waals surface area contributed by atoms with E-state index in [0.717, 1.165) is 30.8 Å². The van der Waals surface area contributed by atoms with Gasteiger partial charge < -0.3 is 14.5 Å². The number of aryl methyl sites for hydroxylation is 1. The fourth-order valence-corrected chi connectivity index (χ4v) is 2.95. The molecule has 118 valence electrons. The van der Waals surface area contributed by atoms with Crippen molar-refractivity contribution in [2.45, 2.75) is 31.8 Å². The van der Waals surface area contributed by atoms with Crippen molar-refractivity contribution < 1.29 is 9.15 Å². The lowest BCUT2D eigenvalue weighted by atomic mass is 9.93. The van der Waals surface area contributed by atoms with Gasteiger partial charge in [-0.15, -0.1) is 0 Å². The van der Waals surface area contributed by atoms with Gasteiger partial charge in [0.05, 0.1) is 12.7 Å². The van der Waals surface area contributed by atoms with Crippen LogP contribution in [-0.2, 0) is 19.4 Å². The van der Waals surface area contributed by atoms with Crippen LogP contribution in [0, 0.1) is 0 Å². The minimum absolute atomic E-state index is 0.462. The van der Waals surface area contributed by atoms with Gasteiger partial charge in [0, 0.05) is 17.8 Å². The molecule has 0 saturated carbocycles. The molecule has 0 bridgehead atoms. The van der Waals surface area contributed by atoms with Crippen molar-refractivity contribution >= 4 is 0 Å². The van der Waals surface area contributed by atoms with Crippen molar-refractivity contribution in [3.63, 3.8) is 0 Å². The topological polar surface area (TPSA) is 63.1 Å². The Labute approximate surface area is 134 Å². The van der Waals surface area contributed by atoms with Crippen LogP contribution in [0.4, 0.5) is 0 Å². The summed E-state index contributed by atoms with van der Waals surface area (Å²) in [6.07, 6.45) is 5.11. The zero-order valence-corrected chi connectivity index (χ0v) is 12.8. The fraction of sp³-hybridized carbons (Fsp3) is 0.278. The molecule has 2 aromatic heterocycles. The molecule has 1 aromatic carbocycles. The molecule has 3 aromatic rings. The standard InChI is InChI=1S/C18H19N3O2/c1-2-4-15(5-3-1)22-18-9-7-16(23-18)12-19-14-6-8-17-13(10-14)11-20-21-17/h1-5,7,9,11,14,19H,6,8,10,12H2,(H,20,21)/t14-/m0/s1. The molecule has 1 aliphatic rings. The molecule has 2 heterocycles. The number of para-hydroxylation sites is 1. The summed E-state index contributed by atoms with van der Waals surface area (Å²) in [5, 5.41) is 10.7. The fourth-order valence-electron chi connectivity index (χ4n) is 2.95. The van der Waals surface area contributed by atoms with E-state index in [9.17, 15) is 0 Å². The van der Waals surface area contributed by atoms with E-state index in [1.54, 1.807) is 0 Å². The van der Waals surface area contributed by atoms with Gasteiger partial charge in [0.25, 0.3) is 5.95 Å². The van der Waals surface area contributed by atoms with Crippen molar-refractivity contribution in [3.05, 3.63) is 65.7 Å². The number of H-pyrrole nitrogens is 1. The van der Waals surface area contributed by atoms with Gasteiger partial charge in [0.15, 0.2) is 0 Å². The lowest BCUT2D eigenvalue weighted by Gasteiger charge is -2.22. The second-order valence-corrected chi connectivity index (χ2v) is 5.83. The number of hydrogen-bond acceptors (Lipinski definition) is 4. The molecule has 0 fully saturated rings. The predicted octanol–water partition coefficient (Wildman–Crippen LogP) is 3.44. The molecule has 0 aliphatic heterocycles. The number of fused-ring (bicyclic) bond motifs is 1. The highest BCUT2D eigenvalue weighted by molar-refractivity contribution is 5.26. The number of ether oxygens (including phenoxy) is 1. The highest BCUT2D eigenvalue weighted by atomic mass is 16.6. The molecule has 1 atom stereocenters. The average molecular weight is 309 g/mol. The van der Waals surface area contributed by atoms with Gasteiger partial charge in [-0.05, 0) is 43.0 Å². The quantitative estimate of drug-likeness (QED) is 0.758. The van der Waals surface area contributed by atoms with E-state index < -0.39 is 0 Å². The van der Waals surface area contributed by atoms with E-state index in [0.29, 0.717) is 18.5 Å². The monoisotopic (exact) mass is 309 g/mol. The van der Waals surface area contributed by atoms with Crippen molar-refractivity contribution in [2.24, 2.45) is 0 Å². The lowest BCUT2D eigenvalue weighted by Crippen LogP contribution is -2.33. The largest absolute Gasteiger partial charge is 0.429 e. The zero-order valence-electron chi connectivity index (χ0n) is 12.8. The molecule has 0 saturated heterocycles. The normalized spacial score (nSPS) is 17.0. The highest BCUT2D eigenvalue weighted by Gasteiger charge is 2.19. The maximum absolute atomic E-state index is 5.73. The molecular weight excluding hydrogens is 290 g/mol. The third kappa shape index (κ3) is 3.29. The summed E-state index contributed by atoms with van der Waals surface area (Å²) >= 11 is 0. The molecule has 4 rings (SSSR count). The molecule has 5 nitrogen and oxygen atoms in total. The average Bonchev–Trinajstić information content (AvgIpc) is 3.22. The molecule has 5 heteroatoms. The van der Waals surface area contributed by atoms with Gasteiger partial charge in [-0.1, -0.05) is 18.2 Å². The number of aromatic nitrogens is 2. The number of benzene rings is 1. The Morgan fingerprint density at radius 1 is 1.22 bits per heavy atom. The van der Waals surface area contributed by atoms with Crippen LogP contribution in [-0.4, -0.2) is 16.2 Å². The van der Waals surface area contributed by atoms with Gasteiger partial charge in [-0.25, -0.2) is 0 Å². The first-order chi connectivity index (χ1) is 11.4. The SMILES string of the molecule is c1ccc(Oc2ccc(CN[C@H]3CCc4[nH]ncc4C3)o2)cc1. The summed E-state index contributed by atoms with van der Waals surface area (Å²) < 4.78 is 11.4. The summed E-state index contributed by atoms with van der Waals surface area (Å²) in [5.41, 5.74) is 2.60. The van der Waals surface area contributed by atoms with Crippen molar-refractivity contribution in [3.8, 4) is 11.7 Å². The van der Waals surface area contributed by atoms with E-state index in [4.69, 9.17) is 9.15 Å². The lowest BCUT2D eigenvalue weighted by molar-refractivity contribution is 0.322. The van der Waals surface area contributed by atoms with Crippen LogP contribution in [0.15, 0.2) is 53.1 Å². The highest BCUT2D eigenvalue weighted by Crippen LogP contribution is 2.24. The second-order valence-electron chi connectivity index (χ2n) is 5.83. The smallest absolute Gasteiger partial charge is 0.290 e. The molecule has 0 amide bonds. The van der Waals surface area contributed by atoms with E-state index in [2.05, 4.69) is 15.5 Å². The minimum Gasteiger partial charge on any atom is -0.429 e. The predicted molar refractivity (Wildman–Crippen MR) is 86.5 cm³/mol. The molecule has 0 unspecified atom stereocenters. The molecule has 0 spiro atoms. The van der Waals surface area contributed by atoms with Crippen molar-refractivity contribution in [1.29, 1.82) is 0 Å². The zero-order chi connectivity index (χ0) is 15.5. The van der Waals surface area contributed by atoms with Crippen LogP contribution in [0.5, 0.6) is 11.7 Å². The Hall–Kier alpha value is -2.53. The number of nitrogens with one attached hydrogen (secondary N) is 2. The van der Waals surface area contributed by atoms with Gasteiger partial charge in [-0.2, -0.15) is 5.10 Å². The molecule has 23 heavy (non-hydrogen) atoms. The Morgan fingerprint density at radius 2 is 2.13 bits per heavy atom.